The molecule has 0 spiro atoms. The average Bonchev–Trinajstić information content (AvgIpc) is 3.59. The molecule has 0 bridgehead atoms. The van der Waals surface area contributed by atoms with Crippen LogP contribution in [0.25, 0.3) is 11.1 Å². The second-order valence-corrected chi connectivity index (χ2v) is 8.82. The Morgan fingerprint density at radius 3 is 2.63 bits per heavy atom. The van der Waals surface area contributed by atoms with Crippen molar-refractivity contribution in [2.45, 2.75) is 25.7 Å². The van der Waals surface area contributed by atoms with Gasteiger partial charge >= 0.3 is 0 Å². The number of hydrogen-bond acceptors (Lipinski definition) is 3. The lowest BCUT2D eigenvalue weighted by Crippen LogP contribution is -2.33. The predicted molar refractivity (Wildman–Crippen MR) is 121 cm³/mol. The Morgan fingerprint density at radius 2 is 1.83 bits per heavy atom. The SMILES string of the molecule is O=C(CC1CC1)c1ccc2c(c1)-c1ccccc1N(C(=O)c1cccc(Br)n1)CC2. The number of nitrogens with zero attached hydrogens (tertiary/aromatic N) is 2. The molecule has 0 saturated heterocycles. The van der Waals surface area contributed by atoms with Crippen LogP contribution in [0.5, 0.6) is 0 Å². The maximum atomic E-state index is 13.3. The molecule has 3 aromatic rings. The zero-order valence-electron chi connectivity index (χ0n) is 16.5. The summed E-state index contributed by atoms with van der Waals surface area (Å²) in [5.41, 5.74) is 5.21. The van der Waals surface area contributed by atoms with Crippen molar-refractivity contribution in [3.8, 4) is 11.1 Å². The molecule has 150 valence electrons. The highest BCUT2D eigenvalue weighted by molar-refractivity contribution is 9.10. The number of ketones is 1. The molecule has 5 heteroatoms. The van der Waals surface area contributed by atoms with Gasteiger partial charge < -0.3 is 4.90 Å². The van der Waals surface area contributed by atoms with Crippen molar-refractivity contribution in [3.63, 3.8) is 0 Å². The molecule has 1 fully saturated rings. The first kappa shape index (κ1) is 19.2. The van der Waals surface area contributed by atoms with Gasteiger partial charge in [-0.25, -0.2) is 4.98 Å². The fourth-order valence-electron chi connectivity index (χ4n) is 4.09. The standard InChI is InChI=1S/C25H21BrN2O2/c26-24-7-3-5-21(27-24)25(30)28-13-12-17-10-11-18(23(29)14-16-8-9-16)15-20(17)19-4-1-2-6-22(19)28/h1-7,10-11,15-16H,8-9,12-14H2. The lowest BCUT2D eigenvalue weighted by Gasteiger charge is -2.22. The minimum atomic E-state index is -0.124. The highest BCUT2D eigenvalue weighted by atomic mass is 79.9. The summed E-state index contributed by atoms with van der Waals surface area (Å²) in [5.74, 6) is 0.657. The third-order valence-electron chi connectivity index (χ3n) is 5.87. The predicted octanol–water partition coefficient (Wildman–Crippen LogP) is 5.70. The van der Waals surface area contributed by atoms with Gasteiger partial charge in [-0.05, 0) is 76.5 Å². The van der Waals surface area contributed by atoms with Gasteiger partial charge in [0.15, 0.2) is 5.78 Å². The molecule has 5 rings (SSSR count). The summed E-state index contributed by atoms with van der Waals surface area (Å²) in [6, 6.07) is 19.3. The minimum Gasteiger partial charge on any atom is -0.306 e. The first-order valence-electron chi connectivity index (χ1n) is 10.3. The van der Waals surface area contributed by atoms with E-state index in [-0.39, 0.29) is 11.7 Å². The maximum Gasteiger partial charge on any atom is 0.276 e. The van der Waals surface area contributed by atoms with Gasteiger partial charge in [-0.3, -0.25) is 9.59 Å². The number of pyridine rings is 1. The van der Waals surface area contributed by atoms with Crippen molar-refractivity contribution < 1.29 is 9.59 Å². The lowest BCUT2D eigenvalue weighted by molar-refractivity contribution is 0.0971. The molecule has 1 aliphatic heterocycles. The van der Waals surface area contributed by atoms with Crippen LogP contribution in [-0.4, -0.2) is 23.2 Å². The van der Waals surface area contributed by atoms with Crippen LogP contribution >= 0.6 is 15.9 Å². The first-order valence-corrected chi connectivity index (χ1v) is 11.1. The van der Waals surface area contributed by atoms with E-state index in [1.807, 2.05) is 48.5 Å². The number of fused-ring (bicyclic) bond motifs is 3. The fraction of sp³-hybridized carbons (Fsp3) is 0.240. The molecule has 1 saturated carbocycles. The number of carbonyl (C=O) groups is 2. The van der Waals surface area contributed by atoms with Gasteiger partial charge in [0, 0.05) is 24.1 Å². The number of rotatable bonds is 4. The molecule has 1 aliphatic carbocycles. The van der Waals surface area contributed by atoms with Crippen molar-refractivity contribution in [2.75, 3.05) is 11.4 Å². The van der Waals surface area contributed by atoms with Crippen molar-refractivity contribution in [2.24, 2.45) is 5.92 Å². The van der Waals surface area contributed by atoms with Crippen LogP contribution in [0.2, 0.25) is 0 Å². The summed E-state index contributed by atoms with van der Waals surface area (Å²) >= 11 is 3.35. The molecule has 0 N–H and O–H groups in total. The molecule has 0 atom stereocenters. The quantitative estimate of drug-likeness (QED) is 0.370. The molecule has 1 aromatic heterocycles. The number of anilines is 1. The molecule has 0 radical (unpaired) electrons. The van der Waals surface area contributed by atoms with Crippen molar-refractivity contribution in [1.29, 1.82) is 0 Å². The van der Waals surface area contributed by atoms with Crippen LogP contribution in [-0.2, 0) is 6.42 Å². The van der Waals surface area contributed by atoms with Crippen LogP contribution in [0.3, 0.4) is 0 Å². The monoisotopic (exact) mass is 460 g/mol. The molecule has 1 amide bonds. The zero-order chi connectivity index (χ0) is 20.7. The van der Waals surface area contributed by atoms with E-state index < -0.39 is 0 Å². The van der Waals surface area contributed by atoms with Gasteiger partial charge in [0.1, 0.15) is 10.3 Å². The Hall–Kier alpha value is -2.79. The Kier molecular flexibility index (Phi) is 4.99. The normalized spacial score (nSPS) is 15.2. The molecular weight excluding hydrogens is 440 g/mol. The van der Waals surface area contributed by atoms with E-state index in [1.165, 1.54) is 12.8 Å². The van der Waals surface area contributed by atoms with Gasteiger partial charge in [-0.1, -0.05) is 36.4 Å². The van der Waals surface area contributed by atoms with E-state index in [0.717, 1.165) is 34.4 Å². The van der Waals surface area contributed by atoms with Gasteiger partial charge in [-0.2, -0.15) is 0 Å². The molecule has 0 unspecified atom stereocenters. The van der Waals surface area contributed by atoms with E-state index in [4.69, 9.17) is 0 Å². The van der Waals surface area contributed by atoms with Gasteiger partial charge in [0.2, 0.25) is 0 Å². The summed E-state index contributed by atoms with van der Waals surface area (Å²) < 4.78 is 0.638. The average molecular weight is 461 g/mol. The van der Waals surface area contributed by atoms with Crippen molar-refractivity contribution in [3.05, 3.63) is 82.1 Å². The summed E-state index contributed by atoms with van der Waals surface area (Å²) in [5, 5.41) is 0. The van der Waals surface area contributed by atoms with Crippen LogP contribution in [0.4, 0.5) is 5.69 Å². The van der Waals surface area contributed by atoms with Gasteiger partial charge in [-0.15, -0.1) is 0 Å². The second-order valence-electron chi connectivity index (χ2n) is 8.01. The third-order valence-corrected chi connectivity index (χ3v) is 6.31. The summed E-state index contributed by atoms with van der Waals surface area (Å²) in [6.07, 6.45) is 3.70. The summed E-state index contributed by atoms with van der Waals surface area (Å²) in [4.78, 5) is 32.2. The van der Waals surface area contributed by atoms with Crippen LogP contribution in [0.1, 0.15) is 45.7 Å². The topological polar surface area (TPSA) is 50.3 Å². The van der Waals surface area contributed by atoms with Crippen LogP contribution in [0, 0.1) is 5.92 Å². The summed E-state index contributed by atoms with van der Waals surface area (Å²) in [6.45, 7) is 0.562. The zero-order valence-corrected chi connectivity index (χ0v) is 18.1. The Bertz CT molecular complexity index is 1150. The molecular formula is C25H21BrN2O2. The second kappa shape index (κ2) is 7.80. The molecule has 30 heavy (non-hydrogen) atoms. The smallest absolute Gasteiger partial charge is 0.276 e. The van der Waals surface area contributed by atoms with E-state index in [1.54, 1.807) is 11.0 Å². The van der Waals surface area contributed by atoms with E-state index in [9.17, 15) is 9.59 Å². The van der Waals surface area contributed by atoms with Crippen molar-refractivity contribution >= 4 is 33.3 Å². The molecule has 2 aliphatic rings. The van der Waals surface area contributed by atoms with E-state index in [2.05, 4.69) is 27.0 Å². The van der Waals surface area contributed by atoms with E-state index in [0.29, 0.717) is 29.2 Å². The van der Waals surface area contributed by atoms with E-state index >= 15 is 0 Å². The number of para-hydroxylation sites is 1. The van der Waals surface area contributed by atoms with Crippen LogP contribution < -0.4 is 4.90 Å². The fourth-order valence-corrected chi connectivity index (χ4v) is 4.43. The number of Topliss-reactive ketones (excluding diaryl/α,β-unsaturated/α-hetero) is 1. The number of hydrogen-bond donors (Lipinski definition) is 0. The third kappa shape index (κ3) is 3.70. The van der Waals surface area contributed by atoms with Gasteiger partial charge in [0.25, 0.3) is 5.91 Å². The molecule has 2 aromatic carbocycles. The number of aromatic nitrogens is 1. The minimum absolute atomic E-state index is 0.124. The largest absolute Gasteiger partial charge is 0.306 e. The number of benzene rings is 2. The molecule has 4 nitrogen and oxygen atoms in total. The first-order chi connectivity index (χ1) is 14.6. The Morgan fingerprint density at radius 1 is 1.00 bits per heavy atom. The number of carbonyl (C=O) groups excluding carboxylic acids is 2. The Balaban J connectivity index is 1.55. The van der Waals surface area contributed by atoms with Crippen LogP contribution in [0.15, 0.2) is 65.3 Å². The lowest BCUT2D eigenvalue weighted by atomic mass is 9.93. The van der Waals surface area contributed by atoms with Crippen molar-refractivity contribution in [1.82, 2.24) is 4.98 Å². The maximum absolute atomic E-state index is 13.3. The summed E-state index contributed by atoms with van der Waals surface area (Å²) in [7, 11) is 0. The number of amides is 1. The highest BCUT2D eigenvalue weighted by Gasteiger charge is 2.28. The van der Waals surface area contributed by atoms with Gasteiger partial charge in [0.05, 0.1) is 5.69 Å². The Labute approximate surface area is 184 Å². The molecule has 2 heterocycles. The highest BCUT2D eigenvalue weighted by Crippen LogP contribution is 2.38. The number of halogens is 1.